The van der Waals surface area contributed by atoms with Crippen molar-refractivity contribution in [3.63, 3.8) is 0 Å². The summed E-state index contributed by atoms with van der Waals surface area (Å²) in [5.74, 6) is -0.387. The zero-order valence-corrected chi connectivity index (χ0v) is 23.8. The predicted molar refractivity (Wildman–Crippen MR) is 156 cm³/mol. The molecule has 11 heteroatoms. The van der Waals surface area contributed by atoms with Gasteiger partial charge in [0, 0.05) is 30.5 Å². The molecule has 39 heavy (non-hydrogen) atoms. The van der Waals surface area contributed by atoms with Crippen molar-refractivity contribution in [1.82, 2.24) is 9.47 Å². The van der Waals surface area contributed by atoms with Crippen LogP contribution in [0.25, 0.3) is 11.8 Å². The number of aromatic nitrogens is 1. The van der Waals surface area contributed by atoms with E-state index >= 15 is 0 Å². The molecule has 8 nitrogen and oxygen atoms in total. The highest BCUT2D eigenvalue weighted by atomic mass is 35.5. The lowest BCUT2D eigenvalue weighted by Gasteiger charge is -2.28. The van der Waals surface area contributed by atoms with Gasteiger partial charge in [0.2, 0.25) is 0 Å². The summed E-state index contributed by atoms with van der Waals surface area (Å²) >= 11 is 13.0. The molecule has 0 saturated carbocycles. The Morgan fingerprint density at radius 1 is 1.00 bits per heavy atom. The van der Waals surface area contributed by atoms with Crippen molar-refractivity contribution in [1.29, 1.82) is 0 Å². The molecule has 0 aliphatic carbocycles. The topological polar surface area (TPSA) is 88.7 Å². The Labute approximate surface area is 240 Å². The first-order valence-corrected chi connectivity index (χ1v) is 14.1. The van der Waals surface area contributed by atoms with Gasteiger partial charge in [-0.05, 0) is 92.4 Å². The van der Waals surface area contributed by atoms with Crippen molar-refractivity contribution in [2.24, 2.45) is 0 Å². The summed E-state index contributed by atoms with van der Waals surface area (Å²) < 4.78 is 1.93. The molecule has 0 unspecified atom stereocenters. The maximum Gasteiger partial charge on any atom is 0.294 e. The Morgan fingerprint density at radius 3 is 2.44 bits per heavy atom. The number of benzene rings is 2. The van der Waals surface area contributed by atoms with Crippen molar-refractivity contribution in [3.05, 3.63) is 90.0 Å². The van der Waals surface area contributed by atoms with Gasteiger partial charge in [-0.15, -0.1) is 0 Å². The highest BCUT2D eigenvalue weighted by Gasteiger charge is 2.35. The van der Waals surface area contributed by atoms with Crippen LogP contribution in [0.2, 0.25) is 10.0 Å². The normalized spacial score (nSPS) is 17.0. The standard InChI is InChI=1S/C28H26Cl2N4O4S/c1-17-12-20(14-26-27(35)32(28(36)39-26)16-19-6-8-22(29)23(30)13-19)18(2)33(17)21-7-9-24(25(15-21)34(37)38)31-10-4-3-5-11-31/h6-9,12-15H,3-5,10-11,16H2,1-2H3/b26-14-. The highest BCUT2D eigenvalue weighted by molar-refractivity contribution is 8.18. The number of halogens is 2. The number of carbonyl (C=O) groups is 2. The molecule has 2 aromatic carbocycles. The fourth-order valence-electron chi connectivity index (χ4n) is 5.13. The first-order chi connectivity index (χ1) is 18.6. The van der Waals surface area contributed by atoms with Crippen molar-refractivity contribution in [2.75, 3.05) is 18.0 Å². The average molecular weight is 586 g/mol. The average Bonchev–Trinajstić information content (AvgIpc) is 3.34. The molecule has 2 aliphatic rings. The third-order valence-corrected chi connectivity index (χ3v) is 8.71. The van der Waals surface area contributed by atoms with E-state index in [1.807, 2.05) is 36.6 Å². The molecule has 2 aliphatic heterocycles. The van der Waals surface area contributed by atoms with Gasteiger partial charge in [-0.1, -0.05) is 29.3 Å². The van der Waals surface area contributed by atoms with Crippen molar-refractivity contribution >= 4 is 63.6 Å². The Hall–Kier alpha value is -3.27. The molecule has 0 spiro atoms. The molecule has 2 amide bonds. The summed E-state index contributed by atoms with van der Waals surface area (Å²) in [6, 6.07) is 12.2. The molecular weight excluding hydrogens is 559 g/mol. The molecule has 0 radical (unpaired) electrons. The zero-order valence-electron chi connectivity index (χ0n) is 21.4. The van der Waals surface area contributed by atoms with Crippen LogP contribution in [0.1, 0.15) is 41.8 Å². The van der Waals surface area contributed by atoms with Crippen molar-refractivity contribution in [3.8, 4) is 5.69 Å². The van der Waals surface area contributed by atoms with E-state index in [4.69, 9.17) is 23.2 Å². The number of imide groups is 1. The number of nitro benzene ring substituents is 1. The Morgan fingerprint density at radius 2 is 1.74 bits per heavy atom. The number of thioether (sulfide) groups is 1. The molecule has 0 bridgehead atoms. The van der Waals surface area contributed by atoms with Gasteiger partial charge in [-0.25, -0.2) is 0 Å². The second kappa shape index (κ2) is 11.1. The quantitative estimate of drug-likeness (QED) is 0.169. The minimum Gasteiger partial charge on any atom is -0.366 e. The van der Waals surface area contributed by atoms with Gasteiger partial charge in [-0.3, -0.25) is 24.6 Å². The van der Waals surface area contributed by atoms with Gasteiger partial charge in [0.05, 0.1) is 32.1 Å². The lowest BCUT2D eigenvalue weighted by molar-refractivity contribution is -0.384. The van der Waals surface area contributed by atoms with Gasteiger partial charge in [0.1, 0.15) is 5.69 Å². The number of carbonyl (C=O) groups excluding carboxylic acids is 2. The number of anilines is 1. The number of nitrogens with zero attached hydrogens (tertiary/aromatic N) is 4. The van der Waals surface area contributed by atoms with Gasteiger partial charge in [0.25, 0.3) is 16.8 Å². The SMILES string of the molecule is Cc1cc(/C=C2\SC(=O)N(Cc3ccc(Cl)c(Cl)c3)C2=O)c(C)n1-c1ccc(N2CCCCC2)c([N+](=O)[O-])c1. The lowest BCUT2D eigenvalue weighted by atomic mass is 10.1. The Kier molecular flexibility index (Phi) is 7.75. The minimum atomic E-state index is -0.387. The van der Waals surface area contributed by atoms with Crippen LogP contribution in [0.15, 0.2) is 47.4 Å². The summed E-state index contributed by atoms with van der Waals surface area (Å²) in [6.07, 6.45) is 4.89. The summed E-state index contributed by atoms with van der Waals surface area (Å²) in [4.78, 5) is 41.0. The van der Waals surface area contributed by atoms with E-state index in [2.05, 4.69) is 4.90 Å². The number of hydrogen-bond donors (Lipinski definition) is 0. The molecule has 2 fully saturated rings. The number of rotatable bonds is 6. The van der Waals surface area contributed by atoms with Gasteiger partial charge >= 0.3 is 0 Å². The number of hydrogen-bond acceptors (Lipinski definition) is 6. The lowest BCUT2D eigenvalue weighted by Crippen LogP contribution is -2.30. The molecule has 202 valence electrons. The minimum absolute atomic E-state index is 0.0758. The van der Waals surface area contributed by atoms with Crippen LogP contribution < -0.4 is 4.90 Å². The molecule has 5 rings (SSSR count). The number of piperidine rings is 1. The van der Waals surface area contributed by atoms with Gasteiger partial charge in [-0.2, -0.15) is 0 Å². The third-order valence-electron chi connectivity index (χ3n) is 7.07. The van der Waals surface area contributed by atoms with E-state index in [-0.39, 0.29) is 28.3 Å². The second-order valence-electron chi connectivity index (χ2n) is 9.66. The van der Waals surface area contributed by atoms with Crippen LogP contribution in [0.3, 0.4) is 0 Å². The maximum atomic E-state index is 13.1. The van der Waals surface area contributed by atoms with Crippen molar-refractivity contribution in [2.45, 2.75) is 39.7 Å². The molecule has 1 aromatic heterocycles. The first kappa shape index (κ1) is 27.3. The number of nitro groups is 1. The Balaban J connectivity index is 1.43. The highest BCUT2D eigenvalue weighted by Crippen LogP contribution is 2.37. The largest absolute Gasteiger partial charge is 0.366 e. The summed E-state index contributed by atoms with van der Waals surface area (Å²) in [5.41, 5.74) is 4.51. The first-order valence-electron chi connectivity index (χ1n) is 12.6. The van der Waals surface area contributed by atoms with Crippen LogP contribution in [0.4, 0.5) is 16.2 Å². The van der Waals surface area contributed by atoms with E-state index in [9.17, 15) is 19.7 Å². The van der Waals surface area contributed by atoms with Crippen molar-refractivity contribution < 1.29 is 14.5 Å². The Bertz CT molecular complexity index is 1530. The summed E-state index contributed by atoms with van der Waals surface area (Å²) in [7, 11) is 0. The monoisotopic (exact) mass is 584 g/mol. The van der Waals surface area contributed by atoms with Crippen LogP contribution in [0, 0.1) is 24.0 Å². The molecule has 0 atom stereocenters. The number of aryl methyl sites for hydroxylation is 1. The third kappa shape index (κ3) is 5.44. The smallest absolute Gasteiger partial charge is 0.294 e. The number of amides is 2. The molecular formula is C28H26Cl2N4O4S. The second-order valence-corrected chi connectivity index (χ2v) is 11.5. The van der Waals surface area contributed by atoms with Crippen LogP contribution >= 0.6 is 35.0 Å². The summed E-state index contributed by atoms with van der Waals surface area (Å²) in [6.45, 7) is 5.51. The van der Waals surface area contributed by atoms with E-state index < -0.39 is 0 Å². The fourth-order valence-corrected chi connectivity index (χ4v) is 6.28. The van der Waals surface area contributed by atoms with Gasteiger partial charge in [0.15, 0.2) is 0 Å². The van der Waals surface area contributed by atoms with Crippen LogP contribution in [0.5, 0.6) is 0 Å². The fraction of sp³-hybridized carbons (Fsp3) is 0.286. The zero-order chi connectivity index (χ0) is 27.8. The molecule has 2 saturated heterocycles. The molecule has 0 N–H and O–H groups in total. The maximum absolute atomic E-state index is 13.1. The van der Waals surface area contributed by atoms with E-state index in [0.717, 1.165) is 61.1 Å². The van der Waals surface area contributed by atoms with E-state index in [0.29, 0.717) is 31.9 Å². The van der Waals surface area contributed by atoms with Gasteiger partial charge < -0.3 is 9.47 Å². The van der Waals surface area contributed by atoms with Crippen LogP contribution in [-0.2, 0) is 11.3 Å². The molecule has 3 aromatic rings. The van der Waals surface area contributed by atoms with E-state index in [1.54, 1.807) is 30.3 Å². The summed E-state index contributed by atoms with van der Waals surface area (Å²) in [5, 5.41) is 12.4. The predicted octanol–water partition coefficient (Wildman–Crippen LogP) is 7.54. The molecule has 3 heterocycles. The van der Waals surface area contributed by atoms with Crippen LogP contribution in [-0.4, -0.2) is 38.6 Å². The van der Waals surface area contributed by atoms with E-state index in [1.165, 1.54) is 4.90 Å².